The second-order valence-corrected chi connectivity index (χ2v) is 9.79. The van der Waals surface area contributed by atoms with E-state index in [2.05, 4.69) is 29.0 Å². The van der Waals surface area contributed by atoms with E-state index in [1.165, 1.54) is 18.2 Å². The first-order chi connectivity index (χ1) is 16.8. The van der Waals surface area contributed by atoms with Gasteiger partial charge >= 0.3 is 0 Å². The molecular weight excluding hydrogens is 469 g/mol. The Hall–Kier alpha value is -2.87. The highest BCUT2D eigenvalue weighted by Gasteiger charge is 2.32. The molecule has 0 amide bonds. The van der Waals surface area contributed by atoms with Gasteiger partial charge in [0.15, 0.2) is 5.75 Å². The van der Waals surface area contributed by atoms with E-state index in [1.807, 2.05) is 13.0 Å². The fourth-order valence-electron chi connectivity index (χ4n) is 4.78. The van der Waals surface area contributed by atoms with Gasteiger partial charge in [-0.15, -0.1) is 0 Å². The molecule has 1 atom stereocenters. The fourth-order valence-corrected chi connectivity index (χ4v) is 5.10. The van der Waals surface area contributed by atoms with Crippen LogP contribution in [0.2, 0.25) is 5.02 Å². The van der Waals surface area contributed by atoms with Crippen LogP contribution in [0.25, 0.3) is 11.1 Å². The predicted molar refractivity (Wildman–Crippen MR) is 134 cm³/mol. The van der Waals surface area contributed by atoms with Crippen LogP contribution in [-0.4, -0.2) is 47.3 Å². The molecule has 2 aliphatic heterocycles. The molecule has 0 saturated carbocycles. The Bertz CT molecular complexity index is 1250. The molecular formula is C27H29ClFN3O3. The van der Waals surface area contributed by atoms with Gasteiger partial charge in [0.2, 0.25) is 0 Å². The van der Waals surface area contributed by atoms with Crippen LogP contribution in [-0.2, 0) is 6.54 Å². The number of nitrogens with one attached hydrogen (secondary N) is 1. The minimum atomic E-state index is -0.575. The Morgan fingerprint density at radius 3 is 2.91 bits per heavy atom. The Morgan fingerprint density at radius 2 is 2.14 bits per heavy atom. The smallest absolute Gasteiger partial charge is 0.152 e. The molecule has 184 valence electrons. The molecule has 1 fully saturated rings. The first kappa shape index (κ1) is 23.9. The molecule has 0 spiro atoms. The number of phenols is 1. The van der Waals surface area contributed by atoms with Crippen molar-refractivity contribution in [2.24, 2.45) is 0 Å². The largest absolute Gasteiger partial charge is 0.507 e. The van der Waals surface area contributed by atoms with Crippen molar-refractivity contribution in [1.82, 2.24) is 15.2 Å². The number of halogens is 2. The van der Waals surface area contributed by atoms with Crippen LogP contribution in [0.3, 0.4) is 0 Å². The highest BCUT2D eigenvalue weighted by Crippen LogP contribution is 2.49. The monoisotopic (exact) mass is 497 g/mol. The summed E-state index contributed by atoms with van der Waals surface area (Å²) in [6, 6.07) is 7.99. The number of phenolic OH excluding ortho intramolecular Hbond substituents is 1. The van der Waals surface area contributed by atoms with E-state index in [4.69, 9.17) is 21.1 Å². The van der Waals surface area contributed by atoms with Gasteiger partial charge in [0.25, 0.3) is 0 Å². The third-order valence-electron chi connectivity index (χ3n) is 6.68. The van der Waals surface area contributed by atoms with Crippen LogP contribution in [0.5, 0.6) is 23.0 Å². The van der Waals surface area contributed by atoms with Gasteiger partial charge in [-0.2, -0.15) is 0 Å². The predicted octanol–water partition coefficient (Wildman–Crippen LogP) is 5.64. The molecule has 3 aromatic rings. The molecule has 6 nitrogen and oxygen atoms in total. The molecule has 0 radical (unpaired) electrons. The van der Waals surface area contributed by atoms with E-state index in [0.29, 0.717) is 36.0 Å². The number of hydrogen-bond donors (Lipinski definition) is 2. The number of pyridine rings is 1. The molecule has 2 aliphatic rings. The normalized spacial score (nSPS) is 17.9. The second-order valence-electron chi connectivity index (χ2n) is 9.42. The van der Waals surface area contributed by atoms with Crippen LogP contribution in [0.15, 0.2) is 36.5 Å². The molecule has 0 unspecified atom stereocenters. The number of fused-ring (bicyclic) bond motifs is 2. The van der Waals surface area contributed by atoms with E-state index in [1.54, 1.807) is 12.3 Å². The molecule has 1 saturated heterocycles. The number of aromatic hydroxyl groups is 1. The van der Waals surface area contributed by atoms with Gasteiger partial charge in [-0.1, -0.05) is 31.5 Å². The van der Waals surface area contributed by atoms with E-state index in [0.717, 1.165) is 36.5 Å². The van der Waals surface area contributed by atoms with Crippen LogP contribution >= 0.6 is 11.6 Å². The average Bonchev–Trinajstić information content (AvgIpc) is 3.03. The summed E-state index contributed by atoms with van der Waals surface area (Å²) in [4.78, 5) is 6.91. The number of ether oxygens (including phenoxy) is 2. The van der Waals surface area contributed by atoms with Crippen molar-refractivity contribution in [2.75, 3.05) is 26.2 Å². The summed E-state index contributed by atoms with van der Waals surface area (Å²) in [5, 5.41) is 14.2. The number of piperazine rings is 1. The maximum Gasteiger partial charge on any atom is 0.152 e. The maximum atomic E-state index is 14.9. The first-order valence-electron chi connectivity index (χ1n) is 11.9. The van der Waals surface area contributed by atoms with Gasteiger partial charge in [0, 0.05) is 37.9 Å². The number of aryl methyl sites for hydroxylation is 1. The van der Waals surface area contributed by atoms with Crippen molar-refractivity contribution in [3.05, 3.63) is 64.2 Å². The van der Waals surface area contributed by atoms with Crippen molar-refractivity contribution >= 4 is 11.6 Å². The summed E-state index contributed by atoms with van der Waals surface area (Å²) in [5.41, 5.74) is 2.92. The van der Waals surface area contributed by atoms with Crippen LogP contribution < -0.4 is 14.8 Å². The van der Waals surface area contributed by atoms with E-state index in [9.17, 15) is 9.50 Å². The van der Waals surface area contributed by atoms with Crippen LogP contribution in [0.4, 0.5) is 4.39 Å². The SMILES string of the molecule is Cc1ccnc(C(C)C)c1Oc1cc(-c2c(O)cccc2F)c(Cl)c2c1CN1CCNC[C@H]1CO2. The molecule has 2 N–H and O–H groups in total. The van der Waals surface area contributed by atoms with Crippen molar-refractivity contribution in [2.45, 2.75) is 39.3 Å². The summed E-state index contributed by atoms with van der Waals surface area (Å²) in [6.07, 6.45) is 1.77. The van der Waals surface area contributed by atoms with Crippen molar-refractivity contribution in [3.63, 3.8) is 0 Å². The van der Waals surface area contributed by atoms with Gasteiger partial charge in [0.1, 0.15) is 29.7 Å². The molecule has 0 aliphatic carbocycles. The van der Waals surface area contributed by atoms with E-state index in [-0.39, 0.29) is 28.3 Å². The molecule has 2 aromatic carbocycles. The van der Waals surface area contributed by atoms with Gasteiger partial charge < -0.3 is 19.9 Å². The average molecular weight is 498 g/mol. The lowest BCUT2D eigenvalue weighted by Crippen LogP contribution is -2.52. The summed E-state index contributed by atoms with van der Waals surface area (Å²) in [5.74, 6) is 1.00. The quantitative estimate of drug-likeness (QED) is 0.486. The van der Waals surface area contributed by atoms with Crippen molar-refractivity contribution in [3.8, 4) is 34.1 Å². The topological polar surface area (TPSA) is 66.9 Å². The molecule has 1 aromatic heterocycles. The zero-order valence-corrected chi connectivity index (χ0v) is 20.8. The standard InChI is InChI=1S/C27H29ClFN3O3/c1-15(2)25-26(16(3)7-8-31-25)35-22-11-18(23-20(29)5-4-6-21(23)33)24(28)27-19(22)13-32-10-9-30-12-17(32)14-34-27/h4-8,11,15,17,30,33H,9-10,12-14H2,1-3H3/t17-/m0/s1. The van der Waals surface area contributed by atoms with E-state index >= 15 is 0 Å². The Kier molecular flexibility index (Phi) is 6.57. The Labute approximate surface area is 209 Å². The lowest BCUT2D eigenvalue weighted by atomic mass is 9.99. The number of nitrogens with zero attached hydrogens (tertiary/aromatic N) is 2. The number of hydrogen-bond acceptors (Lipinski definition) is 6. The zero-order chi connectivity index (χ0) is 24.7. The summed E-state index contributed by atoms with van der Waals surface area (Å²) in [6.45, 7) is 9.68. The summed E-state index contributed by atoms with van der Waals surface area (Å²) < 4.78 is 27.8. The van der Waals surface area contributed by atoms with Gasteiger partial charge in [-0.25, -0.2) is 4.39 Å². The lowest BCUT2D eigenvalue weighted by Gasteiger charge is -2.33. The van der Waals surface area contributed by atoms with Crippen molar-refractivity contribution < 1.29 is 19.0 Å². The molecule has 0 bridgehead atoms. The number of rotatable bonds is 4. The van der Waals surface area contributed by atoms with E-state index < -0.39 is 5.82 Å². The Balaban J connectivity index is 1.72. The van der Waals surface area contributed by atoms with Gasteiger partial charge in [-0.3, -0.25) is 9.88 Å². The summed E-state index contributed by atoms with van der Waals surface area (Å²) in [7, 11) is 0. The number of benzene rings is 2. The highest BCUT2D eigenvalue weighted by molar-refractivity contribution is 6.35. The minimum absolute atomic E-state index is 0.0179. The zero-order valence-electron chi connectivity index (χ0n) is 20.1. The second kappa shape index (κ2) is 9.64. The fraction of sp³-hybridized carbons (Fsp3) is 0.370. The van der Waals surface area contributed by atoms with Crippen LogP contribution in [0, 0.1) is 12.7 Å². The highest BCUT2D eigenvalue weighted by atomic mass is 35.5. The van der Waals surface area contributed by atoms with Crippen LogP contribution in [0.1, 0.15) is 36.6 Å². The molecule has 35 heavy (non-hydrogen) atoms. The van der Waals surface area contributed by atoms with Gasteiger partial charge in [-0.05, 0) is 42.7 Å². The lowest BCUT2D eigenvalue weighted by molar-refractivity contribution is 0.120. The third-order valence-corrected chi connectivity index (χ3v) is 7.06. The Morgan fingerprint density at radius 1 is 1.31 bits per heavy atom. The molecule has 8 heteroatoms. The minimum Gasteiger partial charge on any atom is -0.507 e. The maximum absolute atomic E-state index is 14.9. The third kappa shape index (κ3) is 4.44. The molecule has 3 heterocycles. The first-order valence-corrected chi connectivity index (χ1v) is 12.3. The van der Waals surface area contributed by atoms with Gasteiger partial charge in [0.05, 0.1) is 27.9 Å². The molecule has 5 rings (SSSR count). The number of aromatic nitrogens is 1. The summed E-state index contributed by atoms with van der Waals surface area (Å²) >= 11 is 6.86. The van der Waals surface area contributed by atoms with Crippen molar-refractivity contribution in [1.29, 1.82) is 0 Å².